The fourth-order valence-corrected chi connectivity index (χ4v) is 13.5. The van der Waals surface area contributed by atoms with Crippen molar-refractivity contribution in [3.63, 3.8) is 0 Å². The van der Waals surface area contributed by atoms with Crippen molar-refractivity contribution in [2.24, 2.45) is 47.3 Å². The largest absolute Gasteiger partial charge is 0.467 e. The average Bonchev–Trinajstić information content (AvgIpc) is 1.68. The number of nitrogens with zero attached hydrogens (tertiary/aromatic N) is 1. The third-order valence-electron chi connectivity index (χ3n) is 20.4. The Morgan fingerprint density at radius 2 is 0.738 bits per heavy atom. The van der Waals surface area contributed by atoms with Crippen molar-refractivity contribution >= 4 is 107 Å². The van der Waals surface area contributed by atoms with E-state index in [0.29, 0.717) is 17.5 Å². The number of nitrogens with one attached hydrogen (secondary N) is 16. The summed E-state index contributed by atoms with van der Waals surface area (Å²) in [5.41, 5.74) is -1.24. The van der Waals surface area contributed by atoms with Gasteiger partial charge >= 0.3 is 12.1 Å². The second kappa shape index (κ2) is 52.0. The molecule has 0 aliphatic carbocycles. The van der Waals surface area contributed by atoms with Crippen LogP contribution >= 0.6 is 0 Å². The van der Waals surface area contributed by atoms with Crippen molar-refractivity contribution in [1.82, 2.24) is 90.0 Å². The van der Waals surface area contributed by atoms with Crippen LogP contribution in [0.15, 0.2) is 60.7 Å². The summed E-state index contributed by atoms with van der Waals surface area (Å²) in [4.78, 5) is 249. The zero-order valence-corrected chi connectivity index (χ0v) is 78.0. The summed E-state index contributed by atoms with van der Waals surface area (Å²) in [6.07, 6.45) is 0.0537. The van der Waals surface area contributed by atoms with E-state index in [1.807, 2.05) is 27.7 Å². The van der Waals surface area contributed by atoms with Gasteiger partial charge in [0, 0.05) is 19.4 Å². The molecule has 1 aliphatic heterocycles. The van der Waals surface area contributed by atoms with Gasteiger partial charge in [0.15, 0.2) is 0 Å². The number of hydrogen-bond acceptors (Lipinski definition) is 20. The van der Waals surface area contributed by atoms with E-state index in [1.165, 1.54) is 39.7 Å². The fourth-order valence-electron chi connectivity index (χ4n) is 13.5. The Kier molecular flexibility index (Phi) is 44.9. The van der Waals surface area contributed by atoms with Crippen LogP contribution in [0.25, 0.3) is 0 Å². The molecule has 13 atom stereocenters. The van der Waals surface area contributed by atoms with Crippen LogP contribution in [0, 0.1) is 47.3 Å². The second-order valence-electron chi connectivity index (χ2n) is 36.9. The lowest BCUT2D eigenvalue weighted by Gasteiger charge is -2.32. The number of rotatable bonds is 49. The summed E-state index contributed by atoms with van der Waals surface area (Å²) in [5.74, 6) is -15.4. The van der Waals surface area contributed by atoms with Crippen LogP contribution in [-0.2, 0) is 104 Å². The smallest absolute Gasteiger partial charge is 0.408 e. The van der Waals surface area contributed by atoms with Gasteiger partial charge in [-0.3, -0.25) is 76.7 Å². The van der Waals surface area contributed by atoms with E-state index in [-0.39, 0.29) is 81.1 Å². The molecule has 1 aliphatic rings. The molecule has 0 spiro atoms. The molecule has 3 rings (SSSR count). The molecule has 0 unspecified atom stereocenters. The zero-order chi connectivity index (χ0) is 95.5. The highest BCUT2D eigenvalue weighted by Gasteiger charge is 2.43. The maximum absolute atomic E-state index is 14.7. The highest BCUT2D eigenvalue weighted by atomic mass is 16.6. The Balaban J connectivity index is 1.68. The predicted octanol–water partition coefficient (Wildman–Crippen LogP) is 1.95. The first-order chi connectivity index (χ1) is 58.6. The number of hydrogen-bond donors (Lipinski definition) is 16. The SMILES string of the molecule is COC(=O)[C@@H](NC(=O)[C@H](Cc1ccccc1)NC(=O)[C@H](CC(C)C)NC(=O)CNC(=O)[C@H]1CCCN1C(=O)[C@@H](NC(=O)[C@H](Cc1ccccc1)NC(=O)[C@H](CC(C)C)NC(=O)CNC(=O)CNC(=O)[C@H](CC(C)C)NC(=O)[C@H](C)NC(=O)[C@@H](NC(=O)C(C)(C)NC(=O)[C@H](CC(C)C)NC(=O)[C@H](C)NC(=O)[C@@H](NC(=O)OC(C)(C)C)C(C)C)C(C)C)C(C)C)C(C)C. The van der Waals surface area contributed by atoms with Crippen molar-refractivity contribution in [3.8, 4) is 0 Å². The summed E-state index contributed by atoms with van der Waals surface area (Å²) in [5, 5.41) is 42.1. The minimum absolute atomic E-state index is 0.0363. The monoisotopic (exact) mass is 1770 g/mol. The van der Waals surface area contributed by atoms with Crippen molar-refractivity contribution < 1.29 is 95.8 Å². The maximum atomic E-state index is 14.7. The van der Waals surface area contributed by atoms with Gasteiger partial charge in [-0.1, -0.05) is 171 Å². The van der Waals surface area contributed by atoms with Gasteiger partial charge in [0.1, 0.15) is 89.7 Å². The number of methoxy groups -OCH3 is 1. The Morgan fingerprint density at radius 3 is 1.13 bits per heavy atom. The third kappa shape index (κ3) is 38.3. The lowest BCUT2D eigenvalue weighted by atomic mass is 9.97. The molecule has 1 heterocycles. The molecule has 0 radical (unpaired) electrons. The van der Waals surface area contributed by atoms with Crippen LogP contribution in [0.5, 0.6) is 0 Å². The van der Waals surface area contributed by atoms with E-state index in [4.69, 9.17) is 9.47 Å². The summed E-state index contributed by atoms with van der Waals surface area (Å²) in [6, 6.07) is 1.87. The van der Waals surface area contributed by atoms with Gasteiger partial charge in [-0.2, -0.15) is 0 Å². The molecule has 1 fully saturated rings. The first-order valence-electron chi connectivity index (χ1n) is 43.6. The molecule has 2 aromatic rings. The Morgan fingerprint density at radius 1 is 0.373 bits per heavy atom. The number of carbonyl (C=O) groups excluding carboxylic acids is 18. The van der Waals surface area contributed by atoms with Crippen molar-refractivity contribution in [3.05, 3.63) is 71.8 Å². The van der Waals surface area contributed by atoms with Crippen LogP contribution in [0.3, 0.4) is 0 Å². The van der Waals surface area contributed by atoms with Crippen LogP contribution in [0.4, 0.5) is 4.79 Å². The number of likely N-dealkylation sites (tertiary alicyclic amines) is 1. The minimum Gasteiger partial charge on any atom is -0.467 e. The molecule has 16 N–H and O–H groups in total. The highest BCUT2D eigenvalue weighted by molar-refractivity contribution is 6.01. The van der Waals surface area contributed by atoms with E-state index in [1.54, 1.807) is 165 Å². The molecule has 126 heavy (non-hydrogen) atoms. The minimum atomic E-state index is -1.71. The summed E-state index contributed by atoms with van der Waals surface area (Å²) < 4.78 is 10.2. The quantitative estimate of drug-likeness (QED) is 0.0421. The van der Waals surface area contributed by atoms with Crippen LogP contribution < -0.4 is 85.1 Å². The van der Waals surface area contributed by atoms with Gasteiger partial charge in [-0.05, 0) is 145 Å². The number of ether oxygens (including phenoxy) is 2. The van der Waals surface area contributed by atoms with Crippen molar-refractivity contribution in [1.29, 1.82) is 0 Å². The Bertz CT molecular complexity index is 4040. The molecule has 0 saturated carbocycles. The molecule has 37 nitrogen and oxygen atoms in total. The van der Waals surface area contributed by atoms with Crippen LogP contribution in [-0.4, -0.2) is 234 Å². The first-order valence-corrected chi connectivity index (χ1v) is 43.6. The fraction of sp³-hybridized carbons (Fsp3) is 0.663. The van der Waals surface area contributed by atoms with Crippen LogP contribution in [0.1, 0.15) is 209 Å². The van der Waals surface area contributed by atoms with E-state index >= 15 is 0 Å². The molecule has 704 valence electrons. The predicted molar refractivity (Wildman–Crippen MR) is 471 cm³/mol. The molecular formula is C89H143N17O20. The van der Waals surface area contributed by atoms with Gasteiger partial charge < -0.3 is 99.4 Å². The highest BCUT2D eigenvalue weighted by Crippen LogP contribution is 2.23. The molecule has 17 amide bonds. The van der Waals surface area contributed by atoms with Gasteiger partial charge in [0.05, 0.1) is 26.7 Å². The number of carbonyl (C=O) groups is 18. The summed E-state index contributed by atoms with van der Waals surface area (Å²) in [7, 11) is 1.20. The topological polar surface area (TPSA) is 521 Å². The molecule has 0 bridgehead atoms. The van der Waals surface area contributed by atoms with E-state index in [9.17, 15) is 86.3 Å². The van der Waals surface area contributed by atoms with E-state index in [0.717, 1.165) is 0 Å². The summed E-state index contributed by atoms with van der Waals surface area (Å²) in [6.45, 7) is 36.5. The normalized spacial score (nSPS) is 15.7. The standard InChI is InChI=1S/C89H143N17O20/c1-47(2)38-59(97-73(110)55(17)93-82(119)69(51(9)10)103-86(123)89(22,23)105-80(117)62(41-50(7)8)98-74(111)56(18)94-83(120)70(52(11)12)104-87(124)126-88(19,20)21)75(112)91-44-66(107)90-45-67(108)95-60(39-48(3)4)76(113)99-63(42-57-32-27-25-28-33-57)78(115)101-71(53(13)14)84(121)106-37-31-36-65(106)81(118)92-46-68(109)96-61(40-49(5)6)77(114)100-64(43-58-34-29-26-30-35-58)79(116)102-72(54(15)16)85(122)125-24/h25-30,32-35,47-56,59-65,69-72H,31,36-46H2,1-24H3,(H,90,107)(H,91,112)(H,92,118)(H,93,119)(H,94,120)(H,95,108)(H,96,109)(H,97,110)(H,98,111)(H,99,113)(H,100,114)(H,101,115)(H,102,116)(H,103,123)(H,104,124)(H,105,117)/t55-,56-,59-,60-,61-,62-,63-,64-,65+,69-,70-,71-,72-/m0/s1. The zero-order valence-electron chi connectivity index (χ0n) is 78.0. The molecule has 1 saturated heterocycles. The average molecular weight is 1770 g/mol. The maximum Gasteiger partial charge on any atom is 0.408 e. The van der Waals surface area contributed by atoms with Gasteiger partial charge in [-0.25, -0.2) is 9.59 Å². The van der Waals surface area contributed by atoms with Gasteiger partial charge in [0.25, 0.3) is 0 Å². The molecular weight excluding hydrogens is 1630 g/mol. The number of alkyl carbamates (subject to hydrolysis) is 1. The van der Waals surface area contributed by atoms with Crippen molar-refractivity contribution in [2.45, 2.75) is 300 Å². The molecule has 2 aromatic carbocycles. The third-order valence-corrected chi connectivity index (χ3v) is 20.4. The first kappa shape index (κ1) is 109. The second-order valence-corrected chi connectivity index (χ2v) is 36.9. The Labute approximate surface area is 741 Å². The number of benzene rings is 2. The van der Waals surface area contributed by atoms with E-state index in [2.05, 4.69) is 85.1 Å². The van der Waals surface area contributed by atoms with E-state index < -0.39 is 234 Å². The number of amides is 17. The molecule has 0 aromatic heterocycles. The molecule has 37 heteroatoms. The lowest BCUT2D eigenvalue weighted by Crippen LogP contribution is -2.63. The van der Waals surface area contributed by atoms with Crippen LogP contribution in [0.2, 0.25) is 0 Å². The van der Waals surface area contributed by atoms with Crippen molar-refractivity contribution in [2.75, 3.05) is 33.3 Å². The van der Waals surface area contributed by atoms with Gasteiger partial charge in [0.2, 0.25) is 94.5 Å². The van der Waals surface area contributed by atoms with Gasteiger partial charge in [-0.15, -0.1) is 0 Å². The Hall–Kier alpha value is -11.3. The lowest BCUT2D eigenvalue weighted by molar-refractivity contribution is -0.146. The number of esters is 1. The summed E-state index contributed by atoms with van der Waals surface area (Å²) >= 11 is 0.